The van der Waals surface area contributed by atoms with Crippen LogP contribution in [0.15, 0.2) is 0 Å². The van der Waals surface area contributed by atoms with Gasteiger partial charge in [-0.1, -0.05) is 0 Å². The first-order valence-corrected chi connectivity index (χ1v) is 11.8. The van der Waals surface area contributed by atoms with E-state index >= 15 is 0 Å². The number of rotatable bonds is 4. The van der Waals surface area contributed by atoms with Crippen LogP contribution in [0.25, 0.3) is 0 Å². The van der Waals surface area contributed by atoms with Crippen LogP contribution >= 0.6 is 43.0 Å². The Morgan fingerprint density at radius 3 is 2.40 bits per heavy atom. The second kappa shape index (κ2) is 4.23. The van der Waals surface area contributed by atoms with Crippen LogP contribution in [0, 0.1) is 17.8 Å². The zero-order valence-corrected chi connectivity index (χ0v) is 16.4. The van der Waals surface area contributed by atoms with Crippen molar-refractivity contribution in [1.82, 2.24) is 7.06 Å². The molecule has 4 fully saturated rings. The van der Waals surface area contributed by atoms with E-state index in [1.54, 1.807) is 0 Å². The monoisotopic (exact) mass is 504 g/mol. The van der Waals surface area contributed by atoms with Crippen LogP contribution in [0.4, 0.5) is 0 Å². The Hall–Kier alpha value is 0.850. The van der Waals surface area contributed by atoms with E-state index in [1.807, 2.05) is 6.92 Å². The number of alkyl halides is 2. The number of esters is 1. The molecule has 2 saturated carbocycles. The zero-order valence-electron chi connectivity index (χ0n) is 12.1. The third-order valence-corrected chi connectivity index (χ3v) is 12.8. The van der Waals surface area contributed by atoms with Crippen molar-refractivity contribution in [3.63, 3.8) is 0 Å². The first kappa shape index (κ1) is 14.4. The molecule has 2 N–H and O–H groups in total. The summed E-state index contributed by atoms with van der Waals surface area (Å²) in [5.74, 6) is 2.19. The molecule has 114 valence electrons. The van der Waals surface area contributed by atoms with Crippen LogP contribution < -0.4 is 7.06 Å². The fourth-order valence-corrected chi connectivity index (χ4v) is 12.0. The molecule has 0 radical (unpaired) electrons. The predicted molar refractivity (Wildman–Crippen MR) is 94.6 cm³/mol. The molecule has 0 aromatic rings. The third-order valence-electron chi connectivity index (χ3n) is 5.68. The summed E-state index contributed by atoms with van der Waals surface area (Å²) in [5, 5.41) is 0. The molecule has 2 heterocycles. The topological polar surface area (TPSA) is 70.2 Å². The number of carbonyl (C=O) groups is 1. The molecule has 6 heteroatoms. The van der Waals surface area contributed by atoms with Crippen molar-refractivity contribution in [3.8, 4) is 0 Å². The van der Waals surface area contributed by atoms with Crippen LogP contribution in [-0.2, 0) is 9.53 Å². The molecule has 20 heavy (non-hydrogen) atoms. The minimum absolute atomic E-state index is 0.0284. The Kier molecular flexibility index (Phi) is 3.05. The van der Waals surface area contributed by atoms with Crippen LogP contribution in [0.5, 0.6) is 0 Å². The van der Waals surface area contributed by atoms with Gasteiger partial charge in [0.15, 0.2) is 0 Å². The molecule has 0 amide bonds. The van der Waals surface area contributed by atoms with Gasteiger partial charge >= 0.3 is 142 Å². The Bertz CT molecular complexity index is 474. The van der Waals surface area contributed by atoms with Crippen molar-refractivity contribution in [2.75, 3.05) is 0 Å². The molecular formula is C14H22I2N2O2. The van der Waals surface area contributed by atoms with E-state index in [1.165, 1.54) is 25.7 Å². The summed E-state index contributed by atoms with van der Waals surface area (Å²) in [6.07, 6.45) is 5.33. The van der Waals surface area contributed by atoms with E-state index in [-0.39, 0.29) is 15.2 Å². The van der Waals surface area contributed by atoms with Crippen molar-refractivity contribution in [3.05, 3.63) is 0 Å². The van der Waals surface area contributed by atoms with Crippen LogP contribution in [-0.4, -0.2) is 18.7 Å². The Morgan fingerprint density at radius 1 is 1.30 bits per heavy atom. The van der Waals surface area contributed by atoms with Gasteiger partial charge in [0, 0.05) is 0 Å². The SMILES string of the molecule is CC(C)(OC(=O)C(C)(I)C12NI1N2)C1CC2CCC1C2. The maximum absolute atomic E-state index is 12.7. The first-order valence-electron chi connectivity index (χ1n) is 7.44. The fourth-order valence-electron chi connectivity index (χ4n) is 4.23. The van der Waals surface area contributed by atoms with Gasteiger partial charge in [-0.15, -0.1) is 0 Å². The summed E-state index contributed by atoms with van der Waals surface area (Å²) >= 11 is 1.16. The number of ether oxygens (including phenoxy) is 1. The summed E-state index contributed by atoms with van der Waals surface area (Å²) in [6, 6.07) is 0. The van der Waals surface area contributed by atoms with Crippen LogP contribution in [0.3, 0.4) is 0 Å². The summed E-state index contributed by atoms with van der Waals surface area (Å²) in [6.45, 7) is 6.26. The molecule has 2 saturated heterocycles. The Morgan fingerprint density at radius 2 is 1.95 bits per heavy atom. The number of hydrogen-bond acceptors (Lipinski definition) is 4. The van der Waals surface area contributed by atoms with E-state index in [0.717, 1.165) is 11.8 Å². The van der Waals surface area contributed by atoms with E-state index < -0.39 is 23.8 Å². The number of halogens is 2. The average Bonchev–Trinajstić information content (AvgIpc) is 3.10. The molecule has 2 bridgehead atoms. The third kappa shape index (κ3) is 1.93. The molecule has 0 aromatic carbocycles. The van der Waals surface area contributed by atoms with Crippen molar-refractivity contribution in [2.45, 2.75) is 59.1 Å². The van der Waals surface area contributed by atoms with Gasteiger partial charge in [-0.2, -0.15) is 0 Å². The second-order valence-electron chi connectivity index (χ2n) is 7.41. The van der Waals surface area contributed by atoms with Gasteiger partial charge in [-0.3, -0.25) is 0 Å². The van der Waals surface area contributed by atoms with Crippen molar-refractivity contribution >= 4 is 48.9 Å². The normalized spacial score (nSPS) is 41.0. The number of hydrogen-bond donors (Lipinski definition) is 2. The maximum atomic E-state index is 12.7. The molecule has 4 aliphatic rings. The molecule has 2 aliphatic carbocycles. The van der Waals surface area contributed by atoms with E-state index in [2.05, 4.69) is 43.5 Å². The minimum atomic E-state index is -1.12. The van der Waals surface area contributed by atoms with Gasteiger partial charge in [-0.25, -0.2) is 0 Å². The average molecular weight is 504 g/mol. The quantitative estimate of drug-likeness (QED) is 0.154. The molecule has 4 nitrogen and oxygen atoms in total. The molecule has 2 aliphatic heterocycles. The summed E-state index contributed by atoms with van der Waals surface area (Å²) in [4.78, 5) is 12.7. The summed E-state index contributed by atoms with van der Waals surface area (Å²) in [7, 11) is 0. The predicted octanol–water partition coefficient (Wildman–Crippen LogP) is 3.13. The van der Waals surface area contributed by atoms with Gasteiger partial charge in [0.25, 0.3) is 0 Å². The summed E-state index contributed by atoms with van der Waals surface area (Å²) in [5.41, 5.74) is -0.317. The van der Waals surface area contributed by atoms with E-state index in [0.29, 0.717) is 5.92 Å². The second-order valence-corrected chi connectivity index (χ2v) is 13.9. The van der Waals surface area contributed by atoms with Gasteiger partial charge in [0.05, 0.1) is 0 Å². The van der Waals surface area contributed by atoms with Gasteiger partial charge in [-0.05, 0) is 0 Å². The van der Waals surface area contributed by atoms with E-state index in [9.17, 15) is 4.79 Å². The van der Waals surface area contributed by atoms with Crippen molar-refractivity contribution in [2.24, 2.45) is 17.8 Å². The molecule has 0 aromatic heterocycles. The molecule has 4 atom stereocenters. The van der Waals surface area contributed by atoms with E-state index in [4.69, 9.17) is 4.74 Å². The first-order chi connectivity index (χ1) is 9.26. The van der Waals surface area contributed by atoms with Crippen LogP contribution in [0.1, 0.15) is 46.5 Å². The Balaban J connectivity index is 1.46. The zero-order chi connectivity index (χ0) is 14.3. The van der Waals surface area contributed by atoms with Gasteiger partial charge in [0.2, 0.25) is 0 Å². The van der Waals surface area contributed by atoms with Crippen LogP contribution in [0.2, 0.25) is 0 Å². The van der Waals surface area contributed by atoms with Crippen molar-refractivity contribution < 1.29 is 9.53 Å². The molecule has 0 spiro atoms. The van der Waals surface area contributed by atoms with Gasteiger partial charge in [0.1, 0.15) is 0 Å². The number of carbonyl (C=O) groups excluding carboxylic acids is 1. The standard InChI is InChI=1S/C14H22I2N2O2/c1-12(2,10-7-8-4-5-9(10)6-8)20-11(19)13(3,15)14-16(17-14)18-14/h8-10,17-18H,4-7H2,1-3H3. The Labute approximate surface area is 141 Å². The molecule has 4 rings (SSSR count). The molecular weight excluding hydrogens is 482 g/mol. The van der Waals surface area contributed by atoms with Gasteiger partial charge < -0.3 is 0 Å². The number of fused-ring (bicyclic) bond motifs is 3. The van der Waals surface area contributed by atoms with Crippen molar-refractivity contribution in [1.29, 1.82) is 0 Å². The fraction of sp³-hybridized carbons (Fsp3) is 0.929. The summed E-state index contributed by atoms with van der Waals surface area (Å²) < 4.78 is 12.4. The molecule has 4 unspecified atom stereocenters. The number of nitrogens with one attached hydrogen (secondary N) is 2.